The molecule has 0 bridgehead atoms. The van der Waals surface area contributed by atoms with Gasteiger partial charge in [-0.3, -0.25) is 0 Å². The molecule has 0 rings (SSSR count). The Morgan fingerprint density at radius 1 is 1.07 bits per heavy atom. The largest absolute Gasteiger partial charge is 0.377 e. The topological polar surface area (TPSA) is 21.3 Å². The van der Waals surface area contributed by atoms with Gasteiger partial charge in [-0.1, -0.05) is 32.6 Å². The second kappa shape index (κ2) is 8.25. The Hall–Kier alpha value is -0.0800. The van der Waals surface area contributed by atoms with Crippen LogP contribution in [0.25, 0.3) is 0 Å². The van der Waals surface area contributed by atoms with Crippen LogP contribution in [-0.4, -0.2) is 25.8 Å². The molecule has 0 aliphatic heterocycles. The van der Waals surface area contributed by atoms with Gasteiger partial charge in [0.15, 0.2) is 0 Å². The predicted molar refractivity (Wildman–Crippen MR) is 62.7 cm³/mol. The molecule has 0 saturated heterocycles. The van der Waals surface area contributed by atoms with E-state index < -0.39 is 0 Å². The van der Waals surface area contributed by atoms with E-state index in [4.69, 9.17) is 4.74 Å². The molecule has 0 spiro atoms. The Labute approximate surface area is 89.4 Å². The zero-order chi connectivity index (χ0) is 10.9. The Balaban J connectivity index is 3.13. The number of unbranched alkanes of at least 4 members (excludes halogenated alkanes) is 4. The third kappa shape index (κ3) is 8.52. The van der Waals surface area contributed by atoms with Crippen LogP contribution in [0.3, 0.4) is 0 Å². The molecule has 1 N–H and O–H groups in total. The van der Waals surface area contributed by atoms with Crippen molar-refractivity contribution in [1.82, 2.24) is 5.32 Å². The number of ether oxygens (including phenoxy) is 1. The Morgan fingerprint density at radius 2 is 1.71 bits per heavy atom. The summed E-state index contributed by atoms with van der Waals surface area (Å²) < 4.78 is 5.32. The summed E-state index contributed by atoms with van der Waals surface area (Å²) in [5.41, 5.74) is -0.0244. The smallest absolute Gasteiger partial charge is 0.0746 e. The van der Waals surface area contributed by atoms with E-state index >= 15 is 0 Å². The summed E-state index contributed by atoms with van der Waals surface area (Å²) >= 11 is 0. The molecule has 0 unspecified atom stereocenters. The standard InChI is InChI=1S/C12H27NO/c1-5-6-7-8-9-10-13-11-12(2,3)14-4/h13H,5-11H2,1-4H3. The monoisotopic (exact) mass is 201 g/mol. The second-order valence-corrected chi connectivity index (χ2v) is 4.55. The van der Waals surface area contributed by atoms with Gasteiger partial charge in [-0.25, -0.2) is 0 Å². The maximum Gasteiger partial charge on any atom is 0.0746 e. The summed E-state index contributed by atoms with van der Waals surface area (Å²) in [7, 11) is 1.77. The lowest BCUT2D eigenvalue weighted by Crippen LogP contribution is -2.37. The van der Waals surface area contributed by atoms with Crippen LogP contribution in [0.1, 0.15) is 52.9 Å². The first-order valence-electron chi connectivity index (χ1n) is 5.88. The minimum absolute atomic E-state index is 0.0244. The van der Waals surface area contributed by atoms with Crippen LogP contribution >= 0.6 is 0 Å². The van der Waals surface area contributed by atoms with E-state index in [9.17, 15) is 0 Å². The maximum absolute atomic E-state index is 5.32. The van der Waals surface area contributed by atoms with Crippen LogP contribution in [0, 0.1) is 0 Å². The van der Waals surface area contributed by atoms with Crippen molar-refractivity contribution in [2.45, 2.75) is 58.5 Å². The van der Waals surface area contributed by atoms with Gasteiger partial charge >= 0.3 is 0 Å². The van der Waals surface area contributed by atoms with Gasteiger partial charge in [-0.05, 0) is 26.8 Å². The average molecular weight is 201 g/mol. The van der Waals surface area contributed by atoms with E-state index in [1.165, 1.54) is 32.1 Å². The van der Waals surface area contributed by atoms with E-state index in [0.29, 0.717) is 0 Å². The molecular weight excluding hydrogens is 174 g/mol. The fourth-order valence-electron chi connectivity index (χ4n) is 1.32. The normalized spacial score (nSPS) is 12.0. The molecule has 0 fully saturated rings. The molecule has 0 aromatic carbocycles. The van der Waals surface area contributed by atoms with Gasteiger partial charge in [0.05, 0.1) is 5.60 Å². The van der Waals surface area contributed by atoms with Crippen molar-refractivity contribution in [1.29, 1.82) is 0 Å². The van der Waals surface area contributed by atoms with E-state index in [0.717, 1.165) is 13.1 Å². The van der Waals surface area contributed by atoms with E-state index in [1.54, 1.807) is 7.11 Å². The molecule has 14 heavy (non-hydrogen) atoms. The van der Waals surface area contributed by atoms with Gasteiger partial charge in [0, 0.05) is 13.7 Å². The van der Waals surface area contributed by atoms with E-state index in [-0.39, 0.29) is 5.60 Å². The molecule has 0 amide bonds. The summed E-state index contributed by atoms with van der Waals surface area (Å²) in [6.45, 7) is 8.53. The highest BCUT2D eigenvalue weighted by Crippen LogP contribution is 2.05. The molecular formula is C12H27NO. The van der Waals surface area contributed by atoms with Crippen LogP contribution in [-0.2, 0) is 4.74 Å². The zero-order valence-electron chi connectivity index (χ0n) is 10.4. The average Bonchev–Trinajstić information content (AvgIpc) is 2.16. The van der Waals surface area contributed by atoms with Gasteiger partial charge in [-0.2, -0.15) is 0 Å². The van der Waals surface area contributed by atoms with Gasteiger partial charge in [0.2, 0.25) is 0 Å². The first kappa shape index (κ1) is 13.9. The first-order chi connectivity index (χ1) is 6.62. The predicted octanol–water partition coefficient (Wildman–Crippen LogP) is 2.97. The van der Waals surface area contributed by atoms with Crippen molar-refractivity contribution in [3.63, 3.8) is 0 Å². The lowest BCUT2D eigenvalue weighted by Gasteiger charge is -2.23. The van der Waals surface area contributed by atoms with Crippen molar-refractivity contribution >= 4 is 0 Å². The van der Waals surface area contributed by atoms with Crippen LogP contribution in [0.2, 0.25) is 0 Å². The highest BCUT2D eigenvalue weighted by molar-refractivity contribution is 4.70. The van der Waals surface area contributed by atoms with Crippen molar-refractivity contribution in [3.05, 3.63) is 0 Å². The SMILES string of the molecule is CCCCCCCNCC(C)(C)OC. The van der Waals surface area contributed by atoms with Crippen molar-refractivity contribution in [2.24, 2.45) is 0 Å². The lowest BCUT2D eigenvalue weighted by atomic mass is 10.1. The molecule has 0 aliphatic rings. The molecule has 0 aromatic rings. The van der Waals surface area contributed by atoms with Gasteiger partial charge in [-0.15, -0.1) is 0 Å². The Bertz CT molecular complexity index is 123. The van der Waals surface area contributed by atoms with Crippen LogP contribution < -0.4 is 5.32 Å². The summed E-state index contributed by atoms with van der Waals surface area (Å²) in [5.74, 6) is 0. The van der Waals surface area contributed by atoms with Crippen LogP contribution in [0.5, 0.6) is 0 Å². The van der Waals surface area contributed by atoms with E-state index in [2.05, 4.69) is 26.1 Å². The molecule has 86 valence electrons. The summed E-state index contributed by atoms with van der Waals surface area (Å²) in [6, 6.07) is 0. The molecule has 0 aromatic heterocycles. The Morgan fingerprint density at radius 3 is 2.29 bits per heavy atom. The van der Waals surface area contributed by atoms with Gasteiger partial charge in [0.1, 0.15) is 0 Å². The van der Waals surface area contributed by atoms with Crippen molar-refractivity contribution in [3.8, 4) is 0 Å². The summed E-state index contributed by atoms with van der Waals surface area (Å²) in [4.78, 5) is 0. The number of rotatable bonds is 9. The quantitative estimate of drug-likeness (QED) is 0.579. The summed E-state index contributed by atoms with van der Waals surface area (Å²) in [6.07, 6.45) is 6.73. The number of hydrogen-bond acceptors (Lipinski definition) is 2. The third-order valence-corrected chi connectivity index (χ3v) is 2.56. The maximum atomic E-state index is 5.32. The molecule has 0 saturated carbocycles. The first-order valence-corrected chi connectivity index (χ1v) is 5.88. The fraction of sp³-hybridized carbons (Fsp3) is 1.00. The number of nitrogens with one attached hydrogen (secondary N) is 1. The third-order valence-electron chi connectivity index (χ3n) is 2.56. The molecule has 2 heteroatoms. The second-order valence-electron chi connectivity index (χ2n) is 4.55. The van der Waals surface area contributed by atoms with Gasteiger partial charge in [0.25, 0.3) is 0 Å². The number of methoxy groups -OCH3 is 1. The highest BCUT2D eigenvalue weighted by atomic mass is 16.5. The minimum atomic E-state index is -0.0244. The fourth-order valence-corrected chi connectivity index (χ4v) is 1.32. The highest BCUT2D eigenvalue weighted by Gasteiger charge is 2.14. The van der Waals surface area contributed by atoms with Gasteiger partial charge < -0.3 is 10.1 Å². The van der Waals surface area contributed by atoms with Crippen LogP contribution in [0.15, 0.2) is 0 Å². The molecule has 2 nitrogen and oxygen atoms in total. The van der Waals surface area contributed by atoms with Crippen molar-refractivity contribution < 1.29 is 4.74 Å². The molecule has 0 aliphatic carbocycles. The molecule has 0 atom stereocenters. The Kier molecular flexibility index (Phi) is 8.20. The summed E-state index contributed by atoms with van der Waals surface area (Å²) in [5, 5.41) is 3.43. The minimum Gasteiger partial charge on any atom is -0.377 e. The lowest BCUT2D eigenvalue weighted by molar-refractivity contribution is 0.0234. The van der Waals surface area contributed by atoms with Crippen LogP contribution in [0.4, 0.5) is 0 Å². The van der Waals surface area contributed by atoms with E-state index in [1.807, 2.05) is 0 Å². The zero-order valence-corrected chi connectivity index (χ0v) is 10.4. The number of hydrogen-bond donors (Lipinski definition) is 1. The molecule has 0 radical (unpaired) electrons. The molecule has 0 heterocycles. The van der Waals surface area contributed by atoms with Crippen molar-refractivity contribution in [2.75, 3.05) is 20.2 Å².